The molecule has 0 spiro atoms. The molecule has 4 heteroatoms. The number of halogens is 1. The quantitative estimate of drug-likeness (QED) is 0.270. The van der Waals surface area contributed by atoms with Crippen LogP contribution >= 0.6 is 0 Å². The van der Waals surface area contributed by atoms with Crippen LogP contribution < -0.4 is 4.74 Å². The van der Waals surface area contributed by atoms with Gasteiger partial charge in [-0.3, -0.25) is 4.79 Å². The van der Waals surface area contributed by atoms with Gasteiger partial charge < -0.3 is 4.74 Å². The molecule has 0 bridgehead atoms. The summed E-state index contributed by atoms with van der Waals surface area (Å²) in [5.41, 5.74) is 2.07. The molecule has 0 radical (unpaired) electrons. The van der Waals surface area contributed by atoms with E-state index >= 15 is 0 Å². The number of carbonyl (C=O) groups excluding carboxylic acids is 2. The molecule has 3 aromatic carbocycles. The van der Waals surface area contributed by atoms with E-state index in [0.717, 1.165) is 5.56 Å². The molecule has 0 aliphatic rings. The third-order valence-corrected chi connectivity index (χ3v) is 4.03. The van der Waals surface area contributed by atoms with Gasteiger partial charge in [-0.05, 0) is 61.0 Å². The highest BCUT2D eigenvalue weighted by molar-refractivity contribution is 6.06. The Hall–Kier alpha value is -3.53. The lowest BCUT2D eigenvalue weighted by Gasteiger charge is -2.07. The summed E-state index contributed by atoms with van der Waals surface area (Å²) >= 11 is 0. The predicted molar refractivity (Wildman–Crippen MR) is 102 cm³/mol. The van der Waals surface area contributed by atoms with Crippen LogP contribution in [0.3, 0.4) is 0 Å². The molecule has 0 fully saturated rings. The molecular weight excluding hydrogens is 343 g/mol. The van der Waals surface area contributed by atoms with Crippen LogP contribution in [-0.4, -0.2) is 11.8 Å². The van der Waals surface area contributed by atoms with Crippen LogP contribution in [0.5, 0.6) is 5.75 Å². The second-order valence-corrected chi connectivity index (χ2v) is 5.95. The first-order valence-corrected chi connectivity index (χ1v) is 8.39. The summed E-state index contributed by atoms with van der Waals surface area (Å²) in [6.45, 7) is 1.83. The third-order valence-electron chi connectivity index (χ3n) is 4.03. The van der Waals surface area contributed by atoms with Gasteiger partial charge in [-0.15, -0.1) is 0 Å². The Morgan fingerprint density at radius 3 is 2.26 bits per heavy atom. The Balaban J connectivity index is 1.68. The number of aryl methyl sites for hydroxylation is 1. The number of benzene rings is 3. The van der Waals surface area contributed by atoms with Crippen LogP contribution in [0.15, 0.2) is 78.9 Å². The molecule has 134 valence electrons. The van der Waals surface area contributed by atoms with E-state index in [0.29, 0.717) is 22.4 Å². The molecule has 0 atom stereocenters. The highest BCUT2D eigenvalue weighted by Gasteiger charge is 2.11. The molecule has 0 aliphatic carbocycles. The number of ether oxygens (including phenoxy) is 1. The maximum atomic E-state index is 13.6. The molecule has 0 aliphatic heterocycles. The summed E-state index contributed by atoms with van der Waals surface area (Å²) in [6.07, 6.45) is 2.75. The average Bonchev–Trinajstić information content (AvgIpc) is 2.68. The van der Waals surface area contributed by atoms with E-state index in [-0.39, 0.29) is 11.6 Å². The van der Waals surface area contributed by atoms with Gasteiger partial charge in [0, 0.05) is 11.1 Å². The predicted octanol–water partition coefficient (Wildman–Crippen LogP) is 5.25. The van der Waals surface area contributed by atoms with Crippen LogP contribution in [0.2, 0.25) is 0 Å². The molecule has 0 amide bonds. The number of hydrogen-bond acceptors (Lipinski definition) is 3. The Kier molecular flexibility index (Phi) is 5.57. The minimum absolute atomic E-state index is 0.268. The lowest BCUT2D eigenvalue weighted by atomic mass is 10.1. The fraction of sp³-hybridized carbons (Fsp3) is 0.0435. The van der Waals surface area contributed by atoms with Crippen molar-refractivity contribution in [1.29, 1.82) is 0 Å². The molecule has 0 saturated heterocycles. The molecule has 0 saturated carbocycles. The van der Waals surface area contributed by atoms with Crippen molar-refractivity contribution in [3.63, 3.8) is 0 Å². The van der Waals surface area contributed by atoms with Gasteiger partial charge in [0.1, 0.15) is 11.6 Å². The van der Waals surface area contributed by atoms with Crippen LogP contribution in [0.4, 0.5) is 4.39 Å². The van der Waals surface area contributed by atoms with E-state index < -0.39 is 5.97 Å². The number of rotatable bonds is 5. The first-order valence-electron chi connectivity index (χ1n) is 8.39. The topological polar surface area (TPSA) is 43.4 Å². The molecule has 3 aromatic rings. The van der Waals surface area contributed by atoms with Gasteiger partial charge in [-0.1, -0.05) is 36.4 Å². The first kappa shape index (κ1) is 18.3. The van der Waals surface area contributed by atoms with E-state index in [1.54, 1.807) is 54.6 Å². The Morgan fingerprint density at radius 2 is 1.56 bits per heavy atom. The SMILES string of the molecule is Cc1ccccc1C(=O)Oc1ccc(C(=O)C=Cc2ccccc2F)cc1. The van der Waals surface area contributed by atoms with E-state index in [2.05, 4.69) is 0 Å². The Labute approximate surface area is 156 Å². The molecule has 0 heterocycles. The van der Waals surface area contributed by atoms with E-state index in [4.69, 9.17) is 4.74 Å². The van der Waals surface area contributed by atoms with Gasteiger partial charge in [0.2, 0.25) is 0 Å². The fourth-order valence-electron chi connectivity index (χ4n) is 2.52. The highest BCUT2D eigenvalue weighted by atomic mass is 19.1. The molecule has 0 unspecified atom stereocenters. The minimum Gasteiger partial charge on any atom is -0.423 e. The van der Waals surface area contributed by atoms with Crippen molar-refractivity contribution >= 4 is 17.8 Å². The Morgan fingerprint density at radius 1 is 0.889 bits per heavy atom. The smallest absolute Gasteiger partial charge is 0.343 e. The zero-order valence-electron chi connectivity index (χ0n) is 14.7. The lowest BCUT2D eigenvalue weighted by Crippen LogP contribution is -2.10. The third kappa shape index (κ3) is 4.55. The monoisotopic (exact) mass is 360 g/mol. The number of esters is 1. The summed E-state index contributed by atoms with van der Waals surface area (Å²) in [6, 6.07) is 19.6. The molecule has 0 aromatic heterocycles. The van der Waals surface area contributed by atoms with Gasteiger partial charge in [0.15, 0.2) is 5.78 Å². The van der Waals surface area contributed by atoms with Gasteiger partial charge in [0.25, 0.3) is 0 Å². The van der Waals surface area contributed by atoms with Crippen molar-refractivity contribution in [2.45, 2.75) is 6.92 Å². The fourth-order valence-corrected chi connectivity index (χ4v) is 2.52. The summed E-state index contributed by atoms with van der Waals surface area (Å²) < 4.78 is 18.9. The van der Waals surface area contributed by atoms with E-state index in [9.17, 15) is 14.0 Å². The average molecular weight is 360 g/mol. The van der Waals surface area contributed by atoms with Crippen molar-refractivity contribution in [2.24, 2.45) is 0 Å². The van der Waals surface area contributed by atoms with Crippen LogP contribution in [0, 0.1) is 12.7 Å². The zero-order chi connectivity index (χ0) is 19.2. The Bertz CT molecular complexity index is 1000. The molecule has 27 heavy (non-hydrogen) atoms. The molecular formula is C23H17FO3. The first-order chi connectivity index (χ1) is 13.0. The van der Waals surface area contributed by atoms with Gasteiger partial charge >= 0.3 is 5.97 Å². The molecule has 3 nitrogen and oxygen atoms in total. The van der Waals surface area contributed by atoms with Crippen molar-refractivity contribution < 1.29 is 18.7 Å². The summed E-state index contributed by atoms with van der Waals surface area (Å²) in [5, 5.41) is 0. The largest absolute Gasteiger partial charge is 0.423 e. The van der Waals surface area contributed by atoms with Crippen LogP contribution in [0.25, 0.3) is 6.08 Å². The van der Waals surface area contributed by atoms with Gasteiger partial charge in [-0.25, -0.2) is 9.18 Å². The lowest BCUT2D eigenvalue weighted by molar-refractivity contribution is 0.0734. The van der Waals surface area contributed by atoms with Crippen molar-refractivity contribution in [2.75, 3.05) is 0 Å². The summed E-state index contributed by atoms with van der Waals surface area (Å²) in [5.74, 6) is -0.764. The zero-order valence-corrected chi connectivity index (χ0v) is 14.7. The molecule has 3 rings (SSSR count). The van der Waals surface area contributed by atoms with E-state index in [1.165, 1.54) is 18.2 Å². The summed E-state index contributed by atoms with van der Waals surface area (Å²) in [4.78, 5) is 24.4. The maximum Gasteiger partial charge on any atom is 0.343 e. The normalized spacial score (nSPS) is 10.7. The second-order valence-electron chi connectivity index (χ2n) is 5.95. The maximum absolute atomic E-state index is 13.6. The standard InChI is InChI=1S/C23H17FO3/c1-16-6-2-4-8-20(16)23(26)27-19-13-10-18(11-14-19)22(25)15-12-17-7-3-5-9-21(17)24/h2-15H,1H3. The minimum atomic E-state index is -0.452. The van der Waals surface area contributed by atoms with Crippen molar-refractivity contribution in [3.8, 4) is 5.75 Å². The van der Waals surface area contributed by atoms with Gasteiger partial charge in [-0.2, -0.15) is 0 Å². The van der Waals surface area contributed by atoms with Crippen molar-refractivity contribution in [1.82, 2.24) is 0 Å². The van der Waals surface area contributed by atoms with Gasteiger partial charge in [0.05, 0.1) is 5.56 Å². The van der Waals surface area contributed by atoms with Crippen molar-refractivity contribution in [3.05, 3.63) is 107 Å². The number of ketones is 1. The number of hydrogen-bond donors (Lipinski definition) is 0. The molecule has 0 N–H and O–H groups in total. The van der Waals surface area contributed by atoms with Crippen LogP contribution in [-0.2, 0) is 0 Å². The van der Waals surface area contributed by atoms with E-state index in [1.807, 2.05) is 19.1 Å². The van der Waals surface area contributed by atoms with Crippen LogP contribution in [0.1, 0.15) is 31.8 Å². The number of allylic oxidation sites excluding steroid dienone is 1. The highest BCUT2D eigenvalue weighted by Crippen LogP contribution is 2.17. The summed E-state index contributed by atoms with van der Waals surface area (Å²) in [7, 11) is 0. The second kappa shape index (κ2) is 8.23. The number of carbonyl (C=O) groups is 2.